The molecule has 0 saturated heterocycles. The summed E-state index contributed by atoms with van der Waals surface area (Å²) in [6.45, 7) is 0. The van der Waals surface area contributed by atoms with Gasteiger partial charge in [-0.1, -0.05) is 5.92 Å². The lowest BCUT2D eigenvalue weighted by atomic mass is 10.1. The van der Waals surface area contributed by atoms with Gasteiger partial charge in [0.25, 0.3) is 0 Å². The Morgan fingerprint density at radius 1 is 0.870 bits per heavy atom. The molecule has 0 fully saturated rings. The van der Waals surface area contributed by atoms with E-state index in [1.165, 1.54) is 12.1 Å². The van der Waals surface area contributed by atoms with Crippen molar-refractivity contribution >= 4 is 36.8 Å². The average Bonchev–Trinajstić information content (AvgIpc) is 2.47. The molecule has 0 unspecified atom stereocenters. The Labute approximate surface area is 144 Å². The number of carbonyl (C=O) groups is 2. The summed E-state index contributed by atoms with van der Waals surface area (Å²) in [5, 5.41) is 18.0. The molecule has 0 bridgehead atoms. The topological polar surface area (TPSA) is 83.8 Å². The van der Waals surface area contributed by atoms with Gasteiger partial charge in [0.2, 0.25) is 0 Å². The molecule has 0 atom stereocenters. The van der Waals surface area contributed by atoms with Crippen LogP contribution < -0.4 is 4.74 Å². The van der Waals surface area contributed by atoms with Gasteiger partial charge in [0.05, 0.1) is 11.1 Å². The number of rotatable bonds is 4. The van der Waals surface area contributed by atoms with Crippen LogP contribution in [-0.4, -0.2) is 22.2 Å². The van der Waals surface area contributed by atoms with E-state index in [2.05, 4.69) is 5.92 Å². The zero-order chi connectivity index (χ0) is 15.4. The molecule has 0 heterocycles. The molecule has 5 nitrogen and oxygen atoms in total. The predicted octanol–water partition coefficient (Wildman–Crippen LogP) is 3.70. The first-order chi connectivity index (χ1) is 9.99. The fourth-order valence-corrected chi connectivity index (χ4v) is 1.66. The van der Waals surface area contributed by atoms with E-state index in [1.54, 1.807) is 24.3 Å². The summed E-state index contributed by atoms with van der Waals surface area (Å²) in [5.74, 6) is 0.543. The van der Waals surface area contributed by atoms with Crippen LogP contribution in [0.3, 0.4) is 0 Å². The monoisotopic (exact) mass is 354 g/mol. The Bertz CT molecular complexity index is 716. The molecular formula is C16H12Cl2O5. The highest BCUT2D eigenvalue weighted by Gasteiger charge is 2.12. The Kier molecular flexibility index (Phi) is 7.68. The van der Waals surface area contributed by atoms with E-state index < -0.39 is 11.9 Å². The standard InChI is InChI=1S/C16H10O5.2ClH/c1-2-10-3-5-13(6-4-10)21-14-8-11(15(17)18)7-12(9-14)16(19)20;;/h1,3-9H,(H,17,18)(H,19,20);2*1H. The summed E-state index contributed by atoms with van der Waals surface area (Å²) in [6, 6.07) is 10.1. The number of hydrogen-bond acceptors (Lipinski definition) is 3. The molecule has 2 aromatic rings. The summed E-state index contributed by atoms with van der Waals surface area (Å²) >= 11 is 0. The number of carboxylic acids is 2. The van der Waals surface area contributed by atoms with Crippen LogP contribution in [0.5, 0.6) is 11.5 Å². The smallest absolute Gasteiger partial charge is 0.335 e. The molecule has 7 heteroatoms. The molecule has 2 rings (SSSR count). The zero-order valence-corrected chi connectivity index (χ0v) is 13.2. The second-order valence-electron chi connectivity index (χ2n) is 4.13. The van der Waals surface area contributed by atoms with Crippen molar-refractivity contribution in [2.75, 3.05) is 0 Å². The van der Waals surface area contributed by atoms with Crippen molar-refractivity contribution in [1.29, 1.82) is 0 Å². The maximum atomic E-state index is 11.0. The van der Waals surface area contributed by atoms with E-state index in [-0.39, 0.29) is 41.7 Å². The Morgan fingerprint density at radius 3 is 1.74 bits per heavy atom. The number of ether oxygens (including phenoxy) is 1. The van der Waals surface area contributed by atoms with Gasteiger partial charge in [-0.3, -0.25) is 0 Å². The van der Waals surface area contributed by atoms with Gasteiger partial charge >= 0.3 is 11.9 Å². The number of aromatic carboxylic acids is 2. The molecule has 120 valence electrons. The van der Waals surface area contributed by atoms with Crippen molar-refractivity contribution in [3.05, 3.63) is 59.2 Å². The third-order valence-electron chi connectivity index (χ3n) is 2.66. The predicted molar refractivity (Wildman–Crippen MR) is 89.3 cm³/mol. The van der Waals surface area contributed by atoms with Crippen molar-refractivity contribution in [1.82, 2.24) is 0 Å². The largest absolute Gasteiger partial charge is 0.478 e. The SMILES string of the molecule is C#Cc1ccc(Oc2cc(C(=O)O)cc(C(=O)O)c2)cc1.Cl.Cl. The fourth-order valence-electron chi connectivity index (χ4n) is 1.66. The lowest BCUT2D eigenvalue weighted by molar-refractivity contribution is 0.0696. The average molecular weight is 355 g/mol. The molecule has 0 aliphatic carbocycles. The molecule has 2 aromatic carbocycles. The lowest BCUT2D eigenvalue weighted by Gasteiger charge is -2.08. The molecular weight excluding hydrogens is 343 g/mol. The molecule has 23 heavy (non-hydrogen) atoms. The third-order valence-corrected chi connectivity index (χ3v) is 2.66. The van der Waals surface area contributed by atoms with Gasteiger partial charge in [0, 0.05) is 5.56 Å². The quantitative estimate of drug-likeness (QED) is 0.817. The van der Waals surface area contributed by atoms with Crippen LogP contribution in [0.15, 0.2) is 42.5 Å². The first-order valence-corrected chi connectivity index (χ1v) is 5.86. The van der Waals surface area contributed by atoms with Crippen molar-refractivity contribution in [3.8, 4) is 23.8 Å². The summed E-state index contributed by atoms with van der Waals surface area (Å²) in [7, 11) is 0. The second-order valence-corrected chi connectivity index (χ2v) is 4.13. The molecule has 0 aliphatic rings. The van der Waals surface area contributed by atoms with E-state index >= 15 is 0 Å². The van der Waals surface area contributed by atoms with E-state index in [1.807, 2.05) is 0 Å². The molecule has 0 aliphatic heterocycles. The molecule has 0 saturated carbocycles. The van der Waals surface area contributed by atoms with Crippen molar-refractivity contribution < 1.29 is 24.5 Å². The Balaban J connectivity index is 0.00000242. The van der Waals surface area contributed by atoms with Gasteiger partial charge in [0.15, 0.2) is 0 Å². The number of halogens is 2. The van der Waals surface area contributed by atoms with Gasteiger partial charge < -0.3 is 14.9 Å². The number of terminal acetylenes is 1. The summed E-state index contributed by atoms with van der Waals surface area (Å²) in [5.41, 5.74) is 0.350. The number of carboxylic acid groups (broad SMARTS) is 2. The van der Waals surface area contributed by atoms with E-state index in [9.17, 15) is 9.59 Å². The molecule has 0 amide bonds. The van der Waals surface area contributed by atoms with Crippen LogP contribution in [0.2, 0.25) is 0 Å². The minimum atomic E-state index is -1.23. The summed E-state index contributed by atoms with van der Waals surface area (Å²) in [6.07, 6.45) is 5.24. The van der Waals surface area contributed by atoms with Crippen LogP contribution in [0.4, 0.5) is 0 Å². The Hall–Kier alpha value is -2.68. The van der Waals surface area contributed by atoms with Gasteiger partial charge in [-0.25, -0.2) is 9.59 Å². The highest BCUT2D eigenvalue weighted by Crippen LogP contribution is 2.24. The normalized spacial score (nSPS) is 8.83. The fraction of sp³-hybridized carbons (Fsp3) is 0. The maximum Gasteiger partial charge on any atom is 0.335 e. The molecule has 0 spiro atoms. The molecule has 0 aromatic heterocycles. The lowest BCUT2D eigenvalue weighted by Crippen LogP contribution is -2.03. The van der Waals surface area contributed by atoms with Crippen molar-refractivity contribution in [3.63, 3.8) is 0 Å². The van der Waals surface area contributed by atoms with Gasteiger partial charge in [0.1, 0.15) is 11.5 Å². The highest BCUT2D eigenvalue weighted by molar-refractivity contribution is 5.94. The Morgan fingerprint density at radius 2 is 1.35 bits per heavy atom. The van der Waals surface area contributed by atoms with Crippen LogP contribution in [0.25, 0.3) is 0 Å². The van der Waals surface area contributed by atoms with Crippen molar-refractivity contribution in [2.45, 2.75) is 0 Å². The van der Waals surface area contributed by atoms with Crippen LogP contribution in [0, 0.1) is 12.3 Å². The van der Waals surface area contributed by atoms with Gasteiger partial charge in [-0.05, 0) is 42.5 Å². The van der Waals surface area contributed by atoms with E-state index in [4.69, 9.17) is 21.4 Å². The summed E-state index contributed by atoms with van der Waals surface area (Å²) < 4.78 is 5.46. The first-order valence-electron chi connectivity index (χ1n) is 5.86. The second kappa shape index (κ2) is 8.69. The van der Waals surface area contributed by atoms with Crippen LogP contribution >= 0.6 is 24.8 Å². The van der Waals surface area contributed by atoms with Gasteiger partial charge in [-0.15, -0.1) is 31.2 Å². The van der Waals surface area contributed by atoms with Crippen LogP contribution in [-0.2, 0) is 0 Å². The highest BCUT2D eigenvalue weighted by atomic mass is 35.5. The van der Waals surface area contributed by atoms with Gasteiger partial charge in [-0.2, -0.15) is 0 Å². The van der Waals surface area contributed by atoms with Crippen molar-refractivity contribution in [2.24, 2.45) is 0 Å². The summed E-state index contributed by atoms with van der Waals surface area (Å²) in [4.78, 5) is 22.0. The zero-order valence-electron chi connectivity index (χ0n) is 11.6. The number of hydrogen-bond donors (Lipinski definition) is 2. The minimum Gasteiger partial charge on any atom is -0.478 e. The van der Waals surface area contributed by atoms with Crippen LogP contribution in [0.1, 0.15) is 26.3 Å². The number of benzene rings is 2. The third kappa shape index (κ3) is 5.22. The molecule has 2 N–H and O–H groups in total. The minimum absolute atomic E-state index is 0. The van der Waals surface area contributed by atoms with E-state index in [0.717, 1.165) is 6.07 Å². The van der Waals surface area contributed by atoms with E-state index in [0.29, 0.717) is 11.3 Å². The first kappa shape index (κ1) is 20.3. The molecule has 0 radical (unpaired) electrons. The maximum absolute atomic E-state index is 11.0.